The van der Waals surface area contributed by atoms with Crippen molar-refractivity contribution >= 4 is 11.9 Å². The lowest BCUT2D eigenvalue weighted by molar-refractivity contribution is -0.141. The first kappa shape index (κ1) is 14.8. The summed E-state index contributed by atoms with van der Waals surface area (Å²) in [5.74, 6) is -0.175. The van der Waals surface area contributed by atoms with Crippen LogP contribution in [0.4, 0.5) is 0 Å². The maximum absolute atomic E-state index is 12.4. The van der Waals surface area contributed by atoms with Crippen LogP contribution in [0.3, 0.4) is 0 Å². The molecule has 0 radical (unpaired) electrons. The molecule has 0 spiro atoms. The van der Waals surface area contributed by atoms with Crippen LogP contribution in [0.1, 0.15) is 57.8 Å². The van der Waals surface area contributed by atoms with E-state index < -0.39 is 5.97 Å². The fourth-order valence-electron chi connectivity index (χ4n) is 4.34. The molecule has 1 saturated heterocycles. The van der Waals surface area contributed by atoms with Crippen LogP contribution in [0.5, 0.6) is 0 Å². The van der Waals surface area contributed by atoms with Gasteiger partial charge in [-0.15, -0.1) is 0 Å². The van der Waals surface area contributed by atoms with Gasteiger partial charge < -0.3 is 15.7 Å². The number of rotatable bonds is 3. The summed E-state index contributed by atoms with van der Waals surface area (Å²) in [6.07, 6.45) is 9.22. The Morgan fingerprint density at radius 3 is 2.57 bits per heavy atom. The lowest BCUT2D eigenvalue weighted by Gasteiger charge is -2.40. The van der Waals surface area contributed by atoms with Crippen molar-refractivity contribution in [2.24, 2.45) is 11.8 Å². The van der Waals surface area contributed by atoms with Crippen LogP contribution < -0.4 is 10.6 Å². The highest BCUT2D eigenvalue weighted by molar-refractivity contribution is 5.82. The molecule has 0 aromatic carbocycles. The molecule has 3 fully saturated rings. The maximum Gasteiger partial charge on any atom is 0.306 e. The molecule has 0 aromatic rings. The van der Waals surface area contributed by atoms with Crippen LogP contribution in [0.25, 0.3) is 0 Å². The van der Waals surface area contributed by atoms with Gasteiger partial charge >= 0.3 is 5.97 Å². The van der Waals surface area contributed by atoms with Gasteiger partial charge in [-0.3, -0.25) is 9.59 Å². The third-order valence-corrected chi connectivity index (χ3v) is 5.60. The number of carbonyl (C=O) groups is 2. The van der Waals surface area contributed by atoms with E-state index in [0.717, 1.165) is 25.2 Å². The van der Waals surface area contributed by atoms with Crippen LogP contribution in [-0.4, -0.2) is 35.1 Å². The predicted molar refractivity (Wildman–Crippen MR) is 78.8 cm³/mol. The predicted octanol–water partition coefficient (Wildman–Crippen LogP) is 1.67. The van der Waals surface area contributed by atoms with Gasteiger partial charge in [0.05, 0.1) is 12.0 Å². The average Bonchev–Trinajstić information content (AvgIpc) is 2.95. The minimum Gasteiger partial charge on any atom is -0.481 e. The molecule has 2 aliphatic carbocycles. The van der Waals surface area contributed by atoms with E-state index in [0.29, 0.717) is 18.9 Å². The fourth-order valence-corrected chi connectivity index (χ4v) is 4.34. The second-order valence-electron chi connectivity index (χ2n) is 7.00. The number of carbonyl (C=O) groups excluding carboxylic acids is 1. The van der Waals surface area contributed by atoms with Gasteiger partial charge in [0.25, 0.3) is 0 Å². The van der Waals surface area contributed by atoms with Crippen molar-refractivity contribution in [1.82, 2.24) is 10.6 Å². The summed E-state index contributed by atoms with van der Waals surface area (Å²) in [4.78, 5) is 23.4. The van der Waals surface area contributed by atoms with Gasteiger partial charge in [0.15, 0.2) is 0 Å². The van der Waals surface area contributed by atoms with E-state index in [1.54, 1.807) is 0 Å². The Hall–Kier alpha value is -1.10. The summed E-state index contributed by atoms with van der Waals surface area (Å²) in [7, 11) is 0. The molecule has 0 aromatic heterocycles. The highest BCUT2D eigenvalue weighted by Crippen LogP contribution is 2.32. The molecule has 2 saturated carbocycles. The van der Waals surface area contributed by atoms with Crippen molar-refractivity contribution in [3.8, 4) is 0 Å². The third-order valence-electron chi connectivity index (χ3n) is 5.60. The van der Waals surface area contributed by atoms with E-state index in [1.807, 2.05) is 0 Å². The van der Waals surface area contributed by atoms with E-state index in [4.69, 9.17) is 5.11 Å². The van der Waals surface area contributed by atoms with Gasteiger partial charge in [-0.1, -0.05) is 12.8 Å². The van der Waals surface area contributed by atoms with Crippen LogP contribution in [0.15, 0.2) is 0 Å². The minimum atomic E-state index is -0.729. The largest absolute Gasteiger partial charge is 0.481 e. The first-order chi connectivity index (χ1) is 10.1. The van der Waals surface area contributed by atoms with E-state index in [2.05, 4.69) is 10.6 Å². The monoisotopic (exact) mass is 294 g/mol. The normalized spacial score (nSPS) is 39.5. The molecular weight excluding hydrogens is 268 g/mol. The number of carboxylic acid groups (broad SMARTS) is 1. The number of nitrogens with one attached hydrogen (secondary N) is 2. The fraction of sp³-hybridized carbons (Fsp3) is 0.875. The minimum absolute atomic E-state index is 0.0458. The highest BCUT2D eigenvalue weighted by atomic mass is 16.4. The first-order valence-corrected chi connectivity index (χ1v) is 8.42. The molecule has 5 unspecified atom stereocenters. The quantitative estimate of drug-likeness (QED) is 0.740. The van der Waals surface area contributed by atoms with Gasteiger partial charge in [-0.2, -0.15) is 0 Å². The number of hydrogen-bond acceptors (Lipinski definition) is 3. The van der Waals surface area contributed by atoms with Crippen molar-refractivity contribution in [3.05, 3.63) is 0 Å². The average molecular weight is 294 g/mol. The Morgan fingerprint density at radius 2 is 1.81 bits per heavy atom. The van der Waals surface area contributed by atoms with Crippen molar-refractivity contribution in [1.29, 1.82) is 0 Å². The number of piperidine rings is 1. The van der Waals surface area contributed by atoms with Gasteiger partial charge in [-0.05, 0) is 50.9 Å². The number of carboxylic acids is 1. The molecule has 1 amide bonds. The lowest BCUT2D eigenvalue weighted by atomic mass is 9.77. The molecule has 5 heteroatoms. The zero-order chi connectivity index (χ0) is 14.8. The molecule has 0 bridgehead atoms. The first-order valence-electron chi connectivity index (χ1n) is 8.42. The molecule has 3 N–H and O–H groups in total. The Kier molecular flexibility index (Phi) is 4.48. The molecule has 5 nitrogen and oxygen atoms in total. The van der Waals surface area contributed by atoms with Crippen LogP contribution in [0, 0.1) is 11.8 Å². The van der Waals surface area contributed by atoms with Crippen molar-refractivity contribution in [2.75, 3.05) is 0 Å². The SMILES string of the molecule is O=C(O)C1CCC(NC(=O)C2CCC3CCCCC3N2)C1. The standard InChI is InChI=1S/C16H26N2O3/c19-15(17-12-7-5-11(9-12)16(20)21)14-8-6-10-3-1-2-4-13(10)18-14/h10-14,18H,1-9H2,(H,17,19)(H,20,21). The smallest absolute Gasteiger partial charge is 0.306 e. The van der Waals surface area contributed by atoms with Crippen LogP contribution in [-0.2, 0) is 9.59 Å². The van der Waals surface area contributed by atoms with Gasteiger partial charge in [0.2, 0.25) is 5.91 Å². The van der Waals surface area contributed by atoms with Crippen LogP contribution >= 0.6 is 0 Å². The summed E-state index contributed by atoms with van der Waals surface area (Å²) in [6, 6.07) is 0.483. The Bertz CT molecular complexity index is 412. The number of amides is 1. The number of hydrogen-bond donors (Lipinski definition) is 3. The summed E-state index contributed by atoms with van der Waals surface area (Å²) in [6.45, 7) is 0. The van der Waals surface area contributed by atoms with Crippen molar-refractivity contribution < 1.29 is 14.7 Å². The summed E-state index contributed by atoms with van der Waals surface area (Å²) < 4.78 is 0. The highest BCUT2D eigenvalue weighted by Gasteiger charge is 2.36. The second kappa shape index (κ2) is 6.34. The molecule has 5 atom stereocenters. The number of fused-ring (bicyclic) bond motifs is 1. The number of aliphatic carboxylic acids is 1. The van der Waals surface area contributed by atoms with Crippen LogP contribution in [0.2, 0.25) is 0 Å². The molecule has 3 aliphatic rings. The maximum atomic E-state index is 12.4. The summed E-state index contributed by atoms with van der Waals surface area (Å²) in [5, 5.41) is 15.6. The second-order valence-corrected chi connectivity index (χ2v) is 7.00. The molecular formula is C16H26N2O3. The van der Waals surface area contributed by atoms with Gasteiger partial charge in [-0.25, -0.2) is 0 Å². The summed E-state index contributed by atoms with van der Waals surface area (Å²) >= 11 is 0. The van der Waals surface area contributed by atoms with E-state index in [9.17, 15) is 9.59 Å². The van der Waals surface area contributed by atoms with E-state index in [1.165, 1.54) is 25.7 Å². The molecule has 1 aliphatic heterocycles. The van der Waals surface area contributed by atoms with Gasteiger partial charge in [0.1, 0.15) is 0 Å². The van der Waals surface area contributed by atoms with E-state index in [-0.39, 0.29) is 23.9 Å². The Balaban J connectivity index is 1.48. The topological polar surface area (TPSA) is 78.4 Å². The lowest BCUT2D eigenvalue weighted by Crippen LogP contribution is -2.56. The molecule has 3 rings (SSSR count). The summed E-state index contributed by atoms with van der Waals surface area (Å²) in [5.41, 5.74) is 0. The zero-order valence-electron chi connectivity index (χ0n) is 12.5. The van der Waals surface area contributed by atoms with Crippen molar-refractivity contribution in [3.63, 3.8) is 0 Å². The van der Waals surface area contributed by atoms with Gasteiger partial charge in [0, 0.05) is 12.1 Å². The third kappa shape index (κ3) is 3.39. The Morgan fingerprint density at radius 1 is 1.00 bits per heavy atom. The molecule has 118 valence electrons. The van der Waals surface area contributed by atoms with Crippen molar-refractivity contribution in [2.45, 2.75) is 75.9 Å². The zero-order valence-corrected chi connectivity index (χ0v) is 12.5. The Labute approximate surface area is 125 Å². The molecule has 1 heterocycles. The van der Waals surface area contributed by atoms with E-state index >= 15 is 0 Å². The molecule has 21 heavy (non-hydrogen) atoms.